The first-order chi connectivity index (χ1) is 4.31. The molecule has 0 aromatic rings. The van der Waals surface area contributed by atoms with E-state index in [1.165, 1.54) is 10.8 Å². The van der Waals surface area contributed by atoms with Crippen LogP contribution in [0.3, 0.4) is 0 Å². The summed E-state index contributed by atoms with van der Waals surface area (Å²) in [5.74, 6) is 0. The van der Waals surface area contributed by atoms with Gasteiger partial charge in [-0.3, -0.25) is 0 Å². The van der Waals surface area contributed by atoms with E-state index in [2.05, 4.69) is 13.8 Å². The zero-order chi connectivity index (χ0) is 7.11. The van der Waals surface area contributed by atoms with Crippen LogP contribution in [0.15, 0.2) is 0 Å². The van der Waals surface area contributed by atoms with Crippen LogP contribution in [0.1, 0.15) is 20.3 Å². The third-order valence-electron chi connectivity index (χ3n) is 0.814. The van der Waals surface area contributed by atoms with E-state index in [0.717, 1.165) is 6.54 Å². The van der Waals surface area contributed by atoms with Crippen LogP contribution < -0.4 is 21.6 Å². The molecule has 0 atom stereocenters. The number of nitrogens with zero attached hydrogens (tertiary/aromatic N) is 1. The number of halogens is 1. The van der Waals surface area contributed by atoms with E-state index in [0.29, 0.717) is 0 Å². The van der Waals surface area contributed by atoms with Gasteiger partial charge in [-0.05, 0) is 0 Å². The average Bonchev–Trinajstić information content (AvgIpc) is 1.85. The average molecular weight is 244 g/mol. The van der Waals surface area contributed by atoms with Crippen molar-refractivity contribution >= 4 is 0 Å². The van der Waals surface area contributed by atoms with Crippen molar-refractivity contribution < 1.29 is 24.8 Å². The molecule has 0 aliphatic rings. The van der Waals surface area contributed by atoms with Crippen LogP contribution in [0.2, 0.25) is 0 Å². The second-order valence-corrected chi connectivity index (χ2v) is 4.34. The molecule has 0 aliphatic carbocycles. The van der Waals surface area contributed by atoms with Gasteiger partial charge in [0.05, 0.1) is 0 Å². The van der Waals surface area contributed by atoms with Crippen LogP contribution >= 0.6 is 0 Å². The Balaban J connectivity index is 2.95. The molecular weight excluding hydrogens is 229 g/mol. The first-order valence-electron chi connectivity index (χ1n) is 3.28. The van der Waals surface area contributed by atoms with Crippen molar-refractivity contribution in [1.82, 2.24) is 5.06 Å². The fraction of sp³-hybridized carbons (Fsp3) is 1.00. The molecule has 0 radical (unpaired) electrons. The van der Waals surface area contributed by atoms with Gasteiger partial charge in [-0.15, -0.1) is 0 Å². The normalized spacial score (nSPS) is 11.1. The van der Waals surface area contributed by atoms with E-state index in [1.54, 1.807) is 0 Å². The van der Waals surface area contributed by atoms with Crippen molar-refractivity contribution in [2.75, 3.05) is 18.0 Å². The Morgan fingerprint density at radius 1 is 1.44 bits per heavy atom. The molecule has 58 valence electrons. The molecule has 0 unspecified atom stereocenters. The summed E-state index contributed by atoms with van der Waals surface area (Å²) in [5.41, 5.74) is 0. The zero-order valence-electron chi connectivity index (χ0n) is 6.35. The third kappa shape index (κ3) is 6.54. The van der Waals surface area contributed by atoms with Crippen molar-refractivity contribution in [1.29, 1.82) is 0 Å². The minimum atomic E-state index is 0.00115. The predicted molar refractivity (Wildman–Crippen MR) is 34.5 cm³/mol. The van der Waals surface area contributed by atoms with E-state index in [4.69, 9.17) is 3.17 Å². The number of rotatable bonds is 5. The Morgan fingerprint density at radius 3 is 2.56 bits per heavy atom. The van der Waals surface area contributed by atoms with Gasteiger partial charge in [-0.2, -0.15) is 0 Å². The van der Waals surface area contributed by atoms with Crippen LogP contribution in [0, 0.1) is 0 Å². The Hall–Kier alpha value is 0.650. The van der Waals surface area contributed by atoms with E-state index in [9.17, 15) is 0 Å². The Kier molecular flexibility index (Phi) is 7.25. The van der Waals surface area contributed by atoms with Crippen LogP contribution in [0.5, 0.6) is 0 Å². The third-order valence-corrected chi connectivity index (χ3v) is 2.39. The fourth-order valence-corrected chi connectivity index (χ4v) is 1.43. The van der Waals surface area contributed by atoms with Gasteiger partial charge in [0.15, 0.2) is 0 Å². The molecule has 0 aromatic heterocycles. The number of alkyl halides is 1. The summed E-state index contributed by atoms with van der Waals surface area (Å²) >= 11 is 0.00115. The molecule has 0 bridgehead atoms. The molecule has 0 spiro atoms. The van der Waals surface area contributed by atoms with E-state index in [1.807, 2.05) is 12.1 Å². The van der Waals surface area contributed by atoms with Gasteiger partial charge in [-0.25, -0.2) is 0 Å². The van der Waals surface area contributed by atoms with Crippen molar-refractivity contribution in [2.45, 2.75) is 20.3 Å². The summed E-state index contributed by atoms with van der Waals surface area (Å²) in [7, 11) is 2.00. The van der Waals surface area contributed by atoms with Crippen LogP contribution in [0.25, 0.3) is 0 Å². The van der Waals surface area contributed by atoms with Crippen LogP contribution in [-0.4, -0.2) is 23.1 Å². The van der Waals surface area contributed by atoms with Crippen molar-refractivity contribution in [2.24, 2.45) is 0 Å². The quantitative estimate of drug-likeness (QED) is 0.324. The summed E-state index contributed by atoms with van der Waals surface area (Å²) < 4.78 is 6.58. The molecule has 0 amide bonds. The Morgan fingerprint density at radius 2 is 2.11 bits per heavy atom. The Bertz CT molecular complexity index is 61.0. The first-order valence-corrected chi connectivity index (χ1v) is 5.69. The summed E-state index contributed by atoms with van der Waals surface area (Å²) in [4.78, 5) is 0. The van der Waals surface area contributed by atoms with E-state index in [-0.39, 0.29) is 21.6 Å². The van der Waals surface area contributed by atoms with Gasteiger partial charge >= 0.3 is 68.1 Å². The van der Waals surface area contributed by atoms with Gasteiger partial charge in [-0.1, -0.05) is 0 Å². The molecule has 0 fully saturated rings. The van der Waals surface area contributed by atoms with E-state index >= 15 is 0 Å². The minimum absolute atomic E-state index is 0.00115. The molecular formula is C6H15INO-. The summed E-state index contributed by atoms with van der Waals surface area (Å²) in [5, 5.41) is 1.94. The van der Waals surface area contributed by atoms with Gasteiger partial charge in [0.2, 0.25) is 0 Å². The van der Waals surface area contributed by atoms with Crippen molar-refractivity contribution in [3.05, 3.63) is 0 Å². The maximum atomic E-state index is 5.37. The molecule has 0 aliphatic heterocycles. The molecule has 2 nitrogen and oxygen atoms in total. The van der Waals surface area contributed by atoms with Crippen molar-refractivity contribution in [3.63, 3.8) is 0 Å². The molecule has 0 saturated carbocycles. The molecule has 3 heteroatoms. The second kappa shape index (κ2) is 6.77. The Labute approximate surface area is 68.3 Å². The van der Waals surface area contributed by atoms with Gasteiger partial charge < -0.3 is 0 Å². The second-order valence-electron chi connectivity index (χ2n) is 1.80. The maximum absolute atomic E-state index is 5.37. The monoisotopic (exact) mass is 244 g/mol. The summed E-state index contributed by atoms with van der Waals surface area (Å²) in [6.07, 6.45) is 1.17. The van der Waals surface area contributed by atoms with Crippen molar-refractivity contribution in [3.8, 4) is 0 Å². The first kappa shape index (κ1) is 9.65. The number of hydroxylamine groups is 2. The molecule has 9 heavy (non-hydrogen) atoms. The molecule has 0 rings (SSSR count). The molecule has 0 heterocycles. The van der Waals surface area contributed by atoms with E-state index < -0.39 is 0 Å². The standard InChI is InChI=1S/C6H15INO/c1-4-6-8(3)9-7-5-2/h4-6H2,1-3H3/q-1. The summed E-state index contributed by atoms with van der Waals surface area (Å²) in [6, 6.07) is 0. The number of hydrogen-bond acceptors (Lipinski definition) is 2. The zero-order valence-corrected chi connectivity index (χ0v) is 8.51. The van der Waals surface area contributed by atoms with Gasteiger partial charge in [0.1, 0.15) is 0 Å². The van der Waals surface area contributed by atoms with Crippen LogP contribution in [-0.2, 0) is 3.17 Å². The molecule has 0 saturated heterocycles. The van der Waals surface area contributed by atoms with Gasteiger partial charge in [0.25, 0.3) is 0 Å². The predicted octanol–water partition coefficient (Wildman–Crippen LogP) is -1.72. The molecule has 0 N–H and O–H groups in total. The SMILES string of the molecule is CCCN(C)O[I-]CC. The van der Waals surface area contributed by atoms with Gasteiger partial charge in [0, 0.05) is 0 Å². The van der Waals surface area contributed by atoms with Crippen LogP contribution in [0.4, 0.5) is 0 Å². The topological polar surface area (TPSA) is 12.5 Å². The number of hydrogen-bond donors (Lipinski definition) is 0. The molecule has 0 aromatic carbocycles. The summed E-state index contributed by atoms with van der Waals surface area (Å²) in [6.45, 7) is 5.37. The fourth-order valence-electron chi connectivity index (χ4n) is 0.481.